The Balaban J connectivity index is 2.65. The zero-order valence-corrected chi connectivity index (χ0v) is 6.62. The molecule has 2 aromatic heterocycles. The molecule has 3 aromatic rings. The van der Waals surface area contributed by atoms with Gasteiger partial charge in [-0.05, 0) is 22.6 Å². The quantitative estimate of drug-likeness (QED) is 0.499. The second kappa shape index (κ2) is 2.22. The summed E-state index contributed by atoms with van der Waals surface area (Å²) in [6, 6.07) is 7.73. The van der Waals surface area contributed by atoms with Gasteiger partial charge in [0.1, 0.15) is 0 Å². The first-order chi connectivity index (χ1) is 6.45. The summed E-state index contributed by atoms with van der Waals surface area (Å²) in [6.45, 7) is 0. The molecule has 0 N–H and O–H groups in total. The SMILES string of the molecule is c1ccc2c(c1)ncc1nnnn12. The number of tetrazole rings is 1. The number of aromatic nitrogens is 5. The third kappa shape index (κ3) is 0.807. The minimum atomic E-state index is 0.665. The molecule has 0 amide bonds. The van der Waals surface area contributed by atoms with Crippen molar-refractivity contribution in [3.05, 3.63) is 30.5 Å². The Morgan fingerprint density at radius 3 is 3.08 bits per heavy atom. The molecule has 0 atom stereocenters. The van der Waals surface area contributed by atoms with Gasteiger partial charge in [-0.15, -0.1) is 5.10 Å². The van der Waals surface area contributed by atoms with Crippen molar-refractivity contribution in [1.29, 1.82) is 0 Å². The van der Waals surface area contributed by atoms with Crippen molar-refractivity contribution in [2.75, 3.05) is 0 Å². The van der Waals surface area contributed by atoms with E-state index < -0.39 is 0 Å². The lowest BCUT2D eigenvalue weighted by Crippen LogP contribution is -1.91. The van der Waals surface area contributed by atoms with Gasteiger partial charge in [0.15, 0.2) is 5.65 Å². The molecule has 0 aliphatic rings. The van der Waals surface area contributed by atoms with E-state index in [9.17, 15) is 0 Å². The molecule has 0 fully saturated rings. The van der Waals surface area contributed by atoms with Crippen LogP contribution < -0.4 is 0 Å². The van der Waals surface area contributed by atoms with Crippen LogP contribution in [0.5, 0.6) is 0 Å². The van der Waals surface area contributed by atoms with Crippen molar-refractivity contribution >= 4 is 16.7 Å². The second-order valence-electron chi connectivity index (χ2n) is 2.70. The molecule has 0 unspecified atom stereocenters. The molecule has 1 aromatic carbocycles. The topological polar surface area (TPSA) is 56.0 Å². The fourth-order valence-electron chi connectivity index (χ4n) is 1.33. The van der Waals surface area contributed by atoms with Crippen molar-refractivity contribution < 1.29 is 0 Å². The van der Waals surface area contributed by atoms with Gasteiger partial charge in [0, 0.05) is 0 Å². The van der Waals surface area contributed by atoms with Crippen molar-refractivity contribution in [2.24, 2.45) is 0 Å². The number of benzene rings is 1. The average Bonchev–Trinajstić information content (AvgIpc) is 2.65. The van der Waals surface area contributed by atoms with Crippen LogP contribution >= 0.6 is 0 Å². The maximum absolute atomic E-state index is 4.22. The Morgan fingerprint density at radius 1 is 1.15 bits per heavy atom. The lowest BCUT2D eigenvalue weighted by molar-refractivity contribution is 0.840. The fourth-order valence-corrected chi connectivity index (χ4v) is 1.33. The Labute approximate surface area is 73.0 Å². The summed E-state index contributed by atoms with van der Waals surface area (Å²) in [7, 11) is 0. The third-order valence-corrected chi connectivity index (χ3v) is 1.92. The average molecular weight is 171 g/mol. The first kappa shape index (κ1) is 6.47. The normalized spacial score (nSPS) is 11.1. The van der Waals surface area contributed by atoms with Crippen molar-refractivity contribution in [2.45, 2.75) is 0 Å². The van der Waals surface area contributed by atoms with E-state index in [1.165, 1.54) is 0 Å². The highest BCUT2D eigenvalue weighted by molar-refractivity contribution is 5.76. The number of hydrogen-bond acceptors (Lipinski definition) is 4. The molecule has 62 valence electrons. The van der Waals surface area contributed by atoms with Crippen LogP contribution in [0.15, 0.2) is 30.5 Å². The van der Waals surface area contributed by atoms with Crippen LogP contribution in [0, 0.1) is 0 Å². The molecule has 0 spiro atoms. The molecule has 5 heteroatoms. The molecule has 5 nitrogen and oxygen atoms in total. The number of hydrogen-bond donors (Lipinski definition) is 0. The molecular weight excluding hydrogens is 166 g/mol. The first-order valence-electron chi connectivity index (χ1n) is 3.87. The van der Waals surface area contributed by atoms with Gasteiger partial charge < -0.3 is 0 Å². The highest BCUT2D eigenvalue weighted by atomic mass is 15.5. The van der Waals surface area contributed by atoms with Crippen molar-refractivity contribution in [3.63, 3.8) is 0 Å². The summed E-state index contributed by atoms with van der Waals surface area (Å²) in [4.78, 5) is 4.22. The Bertz CT molecular complexity index is 571. The molecule has 0 aliphatic heterocycles. The zero-order valence-electron chi connectivity index (χ0n) is 6.62. The lowest BCUT2D eigenvalue weighted by Gasteiger charge is -1.96. The summed E-state index contributed by atoms with van der Waals surface area (Å²) in [5, 5.41) is 11.2. The Hall–Kier alpha value is -2.04. The van der Waals surface area contributed by atoms with E-state index in [-0.39, 0.29) is 0 Å². The summed E-state index contributed by atoms with van der Waals surface area (Å²) >= 11 is 0. The van der Waals surface area contributed by atoms with Gasteiger partial charge in [-0.3, -0.25) is 4.98 Å². The minimum Gasteiger partial charge on any atom is -0.251 e. The van der Waals surface area contributed by atoms with Crippen LogP contribution in [0.4, 0.5) is 0 Å². The monoisotopic (exact) mass is 171 g/mol. The molecule has 0 aliphatic carbocycles. The fraction of sp³-hybridized carbons (Fsp3) is 0. The standard InChI is InChI=1S/C8H5N5/c1-2-4-7-6(3-1)9-5-8-10-11-12-13(7)8/h1-5H. The van der Waals surface area contributed by atoms with Crippen LogP contribution in [0.3, 0.4) is 0 Å². The molecule has 0 radical (unpaired) electrons. The van der Waals surface area contributed by atoms with Crippen molar-refractivity contribution in [3.8, 4) is 0 Å². The maximum atomic E-state index is 4.22. The number of fused-ring (bicyclic) bond motifs is 3. The summed E-state index contributed by atoms with van der Waals surface area (Å²) < 4.78 is 1.67. The maximum Gasteiger partial charge on any atom is 0.198 e. The highest BCUT2D eigenvalue weighted by Gasteiger charge is 2.01. The van der Waals surface area contributed by atoms with Crippen LogP contribution in [-0.4, -0.2) is 25.0 Å². The van der Waals surface area contributed by atoms with E-state index in [1.54, 1.807) is 10.7 Å². The van der Waals surface area contributed by atoms with Gasteiger partial charge >= 0.3 is 0 Å². The smallest absolute Gasteiger partial charge is 0.198 e. The van der Waals surface area contributed by atoms with E-state index in [1.807, 2.05) is 24.3 Å². The van der Waals surface area contributed by atoms with Gasteiger partial charge in [-0.1, -0.05) is 12.1 Å². The number of para-hydroxylation sites is 2. The van der Waals surface area contributed by atoms with Gasteiger partial charge in [0.25, 0.3) is 0 Å². The summed E-state index contributed by atoms with van der Waals surface area (Å²) in [6.07, 6.45) is 1.66. The van der Waals surface area contributed by atoms with E-state index in [0.717, 1.165) is 11.0 Å². The van der Waals surface area contributed by atoms with E-state index in [2.05, 4.69) is 20.5 Å². The summed E-state index contributed by atoms with van der Waals surface area (Å²) in [5.74, 6) is 0. The van der Waals surface area contributed by atoms with Gasteiger partial charge in [0.05, 0.1) is 17.2 Å². The largest absolute Gasteiger partial charge is 0.251 e. The van der Waals surface area contributed by atoms with Gasteiger partial charge in [-0.2, -0.15) is 4.52 Å². The molecule has 0 bridgehead atoms. The van der Waals surface area contributed by atoms with Gasteiger partial charge in [0.2, 0.25) is 0 Å². The molecule has 0 saturated heterocycles. The Morgan fingerprint density at radius 2 is 2.08 bits per heavy atom. The van der Waals surface area contributed by atoms with E-state index in [4.69, 9.17) is 0 Å². The van der Waals surface area contributed by atoms with Crippen LogP contribution in [-0.2, 0) is 0 Å². The molecular formula is C8H5N5. The molecule has 13 heavy (non-hydrogen) atoms. The first-order valence-corrected chi connectivity index (χ1v) is 3.87. The predicted octanol–water partition coefficient (Wildman–Crippen LogP) is 0.672. The van der Waals surface area contributed by atoms with Gasteiger partial charge in [-0.25, -0.2) is 0 Å². The lowest BCUT2D eigenvalue weighted by atomic mass is 10.3. The van der Waals surface area contributed by atoms with E-state index in [0.29, 0.717) is 5.65 Å². The summed E-state index contributed by atoms with van der Waals surface area (Å²) in [5.41, 5.74) is 2.48. The Kier molecular flexibility index (Phi) is 1.11. The van der Waals surface area contributed by atoms with Crippen LogP contribution in [0.2, 0.25) is 0 Å². The van der Waals surface area contributed by atoms with Crippen molar-refractivity contribution in [1.82, 2.24) is 25.0 Å². The molecule has 0 saturated carbocycles. The molecule has 3 rings (SSSR count). The zero-order chi connectivity index (χ0) is 8.67. The molecule has 2 heterocycles. The van der Waals surface area contributed by atoms with E-state index >= 15 is 0 Å². The second-order valence-corrected chi connectivity index (χ2v) is 2.70. The predicted molar refractivity (Wildman–Crippen MR) is 46.1 cm³/mol. The third-order valence-electron chi connectivity index (χ3n) is 1.92. The van der Waals surface area contributed by atoms with Crippen LogP contribution in [0.1, 0.15) is 0 Å². The van der Waals surface area contributed by atoms with Crippen LogP contribution in [0.25, 0.3) is 16.7 Å². The highest BCUT2D eigenvalue weighted by Crippen LogP contribution is 2.10. The number of nitrogens with zero attached hydrogens (tertiary/aromatic N) is 5. The minimum absolute atomic E-state index is 0.665. The number of rotatable bonds is 0.